The van der Waals surface area contributed by atoms with E-state index in [1.165, 1.54) is 23.1 Å². The van der Waals surface area contributed by atoms with Crippen molar-refractivity contribution >= 4 is 73.9 Å². The fourth-order valence-corrected chi connectivity index (χ4v) is 5.94. The highest BCUT2D eigenvalue weighted by atomic mass is 35.5. The summed E-state index contributed by atoms with van der Waals surface area (Å²) < 4.78 is 26.7. The van der Waals surface area contributed by atoms with E-state index in [0.717, 1.165) is 16.1 Å². The van der Waals surface area contributed by atoms with Crippen LogP contribution < -0.4 is 9.62 Å². The summed E-state index contributed by atoms with van der Waals surface area (Å²) in [4.78, 5) is 29.2. The molecule has 0 fully saturated rings. The fourth-order valence-electron chi connectivity index (χ4n) is 4.13. The number of carbonyl (C=O) groups is 2. The summed E-state index contributed by atoms with van der Waals surface area (Å²) in [6, 6.07) is 17.2. The van der Waals surface area contributed by atoms with Crippen LogP contribution in [0.1, 0.15) is 31.4 Å². The lowest BCUT2D eigenvalue weighted by Crippen LogP contribution is -2.54. The molecule has 41 heavy (non-hydrogen) atoms. The number of rotatable bonds is 12. The van der Waals surface area contributed by atoms with Crippen LogP contribution >= 0.6 is 46.4 Å². The van der Waals surface area contributed by atoms with Gasteiger partial charge in [-0.2, -0.15) is 0 Å². The summed E-state index contributed by atoms with van der Waals surface area (Å²) in [6.07, 6.45) is 1.84. The highest BCUT2D eigenvalue weighted by Crippen LogP contribution is 2.28. The van der Waals surface area contributed by atoms with Gasteiger partial charge in [0.2, 0.25) is 21.8 Å². The molecular weight excluding hydrogens is 628 g/mol. The van der Waals surface area contributed by atoms with Crippen LogP contribution in [0.25, 0.3) is 0 Å². The molecule has 0 heterocycles. The van der Waals surface area contributed by atoms with Gasteiger partial charge in [0.15, 0.2) is 0 Å². The minimum absolute atomic E-state index is 0.0752. The van der Waals surface area contributed by atoms with Gasteiger partial charge in [-0.3, -0.25) is 13.9 Å². The molecule has 0 spiro atoms. The van der Waals surface area contributed by atoms with E-state index in [-0.39, 0.29) is 40.6 Å². The third-order valence-corrected chi connectivity index (χ3v) is 8.61. The van der Waals surface area contributed by atoms with Gasteiger partial charge < -0.3 is 10.2 Å². The molecule has 0 aliphatic rings. The number of nitrogens with one attached hydrogen (secondary N) is 1. The van der Waals surface area contributed by atoms with Gasteiger partial charge in [-0.15, -0.1) is 0 Å². The van der Waals surface area contributed by atoms with Crippen molar-refractivity contribution in [3.8, 4) is 0 Å². The van der Waals surface area contributed by atoms with Gasteiger partial charge in [-0.1, -0.05) is 89.7 Å². The molecule has 12 heteroatoms. The molecule has 3 aromatic rings. The molecule has 0 aromatic heterocycles. The zero-order valence-corrected chi connectivity index (χ0v) is 26.6. The van der Waals surface area contributed by atoms with Crippen molar-refractivity contribution in [3.63, 3.8) is 0 Å². The average Bonchev–Trinajstić information content (AvgIpc) is 2.89. The zero-order valence-electron chi connectivity index (χ0n) is 22.8. The molecule has 0 bridgehead atoms. The standard InChI is InChI=1S/C29H31Cl4N3O4S/c1-4-19(2)34-29(38)27(12-20-8-6-5-7-9-20)35(17-21-10-11-22(30)16-26(21)33)28(37)18-36(41(3,39)40)25-14-23(31)13-24(32)15-25/h5-11,13-16,19,27H,4,12,17-18H2,1-3H3,(H,34,38). The second-order valence-electron chi connectivity index (χ2n) is 9.68. The number of carbonyl (C=O) groups excluding carboxylic acids is 2. The number of hydrogen-bond acceptors (Lipinski definition) is 4. The van der Waals surface area contributed by atoms with E-state index in [2.05, 4.69) is 5.32 Å². The molecular formula is C29H31Cl4N3O4S. The van der Waals surface area contributed by atoms with Crippen LogP contribution in [0.5, 0.6) is 0 Å². The van der Waals surface area contributed by atoms with E-state index >= 15 is 0 Å². The first kappa shape index (κ1) is 33.0. The fraction of sp³-hybridized carbons (Fsp3) is 0.310. The number of halogens is 4. The molecule has 2 amide bonds. The third-order valence-electron chi connectivity index (χ3n) is 6.44. The minimum Gasteiger partial charge on any atom is -0.352 e. The molecule has 0 aliphatic carbocycles. The van der Waals surface area contributed by atoms with Gasteiger partial charge in [0, 0.05) is 39.1 Å². The van der Waals surface area contributed by atoms with Crippen LogP contribution in [0.15, 0.2) is 66.7 Å². The lowest BCUT2D eigenvalue weighted by atomic mass is 10.0. The second-order valence-corrected chi connectivity index (χ2v) is 13.3. The Morgan fingerprint density at radius 2 is 1.54 bits per heavy atom. The Kier molecular flexibility index (Phi) is 11.8. The van der Waals surface area contributed by atoms with Crippen molar-refractivity contribution in [1.29, 1.82) is 0 Å². The predicted octanol–water partition coefficient (Wildman–Crippen LogP) is 6.62. The largest absolute Gasteiger partial charge is 0.352 e. The predicted molar refractivity (Wildman–Crippen MR) is 167 cm³/mol. The molecule has 3 aromatic carbocycles. The van der Waals surface area contributed by atoms with Gasteiger partial charge in [-0.05, 0) is 54.8 Å². The van der Waals surface area contributed by atoms with E-state index in [1.807, 2.05) is 44.2 Å². The molecule has 7 nitrogen and oxygen atoms in total. The van der Waals surface area contributed by atoms with Crippen LogP contribution in [0.2, 0.25) is 20.1 Å². The van der Waals surface area contributed by atoms with Gasteiger partial charge in [0.05, 0.1) is 11.9 Å². The summed E-state index contributed by atoms with van der Waals surface area (Å²) in [5.74, 6) is -1.00. The number of nitrogens with zero attached hydrogens (tertiary/aromatic N) is 2. The van der Waals surface area contributed by atoms with Gasteiger partial charge in [-0.25, -0.2) is 8.42 Å². The molecule has 2 atom stereocenters. The molecule has 0 saturated carbocycles. The maximum atomic E-state index is 14.1. The number of sulfonamides is 1. The van der Waals surface area contributed by atoms with Crippen molar-refractivity contribution < 1.29 is 18.0 Å². The Morgan fingerprint density at radius 1 is 0.902 bits per heavy atom. The lowest BCUT2D eigenvalue weighted by molar-refractivity contribution is -0.140. The van der Waals surface area contributed by atoms with Crippen molar-refractivity contribution in [3.05, 3.63) is 97.9 Å². The van der Waals surface area contributed by atoms with Crippen molar-refractivity contribution in [2.24, 2.45) is 0 Å². The summed E-state index contributed by atoms with van der Waals surface area (Å²) in [6.45, 7) is 3.12. The van der Waals surface area contributed by atoms with Gasteiger partial charge in [0.25, 0.3) is 0 Å². The highest BCUT2D eigenvalue weighted by Gasteiger charge is 2.34. The molecule has 0 radical (unpaired) electrons. The molecule has 3 rings (SSSR count). The zero-order chi connectivity index (χ0) is 30.3. The van der Waals surface area contributed by atoms with Crippen LogP contribution in [-0.2, 0) is 32.6 Å². The van der Waals surface area contributed by atoms with Crippen LogP contribution in [-0.4, -0.2) is 50.0 Å². The first-order valence-corrected chi connectivity index (χ1v) is 16.2. The van der Waals surface area contributed by atoms with Crippen LogP contribution in [0.4, 0.5) is 5.69 Å². The normalized spacial score (nSPS) is 12.9. The Balaban J connectivity index is 2.11. The van der Waals surface area contributed by atoms with E-state index in [9.17, 15) is 18.0 Å². The average molecular weight is 659 g/mol. The van der Waals surface area contributed by atoms with Crippen LogP contribution in [0.3, 0.4) is 0 Å². The minimum atomic E-state index is -3.97. The third kappa shape index (κ3) is 9.51. The quantitative estimate of drug-likeness (QED) is 0.237. The smallest absolute Gasteiger partial charge is 0.244 e. The Morgan fingerprint density at radius 3 is 2.10 bits per heavy atom. The van der Waals surface area contributed by atoms with Gasteiger partial charge in [0.1, 0.15) is 12.6 Å². The number of anilines is 1. The van der Waals surface area contributed by atoms with Crippen LogP contribution in [0, 0.1) is 0 Å². The highest BCUT2D eigenvalue weighted by molar-refractivity contribution is 7.92. The number of hydrogen-bond donors (Lipinski definition) is 1. The first-order valence-electron chi connectivity index (χ1n) is 12.8. The SMILES string of the molecule is CCC(C)NC(=O)C(Cc1ccccc1)N(Cc1ccc(Cl)cc1Cl)C(=O)CN(c1cc(Cl)cc(Cl)c1)S(C)(=O)=O. The molecule has 2 unspecified atom stereocenters. The molecule has 0 aliphatic heterocycles. The summed E-state index contributed by atoms with van der Waals surface area (Å²) in [5, 5.41) is 4.09. The van der Waals surface area contributed by atoms with E-state index in [1.54, 1.807) is 18.2 Å². The number of amides is 2. The van der Waals surface area contributed by atoms with E-state index in [0.29, 0.717) is 22.0 Å². The van der Waals surface area contributed by atoms with Crippen molar-refractivity contribution in [1.82, 2.24) is 10.2 Å². The molecule has 0 saturated heterocycles. The Bertz CT molecular complexity index is 1470. The maximum Gasteiger partial charge on any atom is 0.244 e. The Hall–Kier alpha value is -2.49. The second kappa shape index (κ2) is 14.6. The number of benzene rings is 3. The first-order chi connectivity index (χ1) is 19.3. The monoisotopic (exact) mass is 657 g/mol. The van der Waals surface area contributed by atoms with Gasteiger partial charge >= 0.3 is 0 Å². The summed E-state index contributed by atoms with van der Waals surface area (Å²) in [7, 11) is -3.97. The van der Waals surface area contributed by atoms with E-state index < -0.39 is 28.5 Å². The van der Waals surface area contributed by atoms with E-state index in [4.69, 9.17) is 46.4 Å². The maximum absolute atomic E-state index is 14.1. The summed E-state index contributed by atoms with van der Waals surface area (Å²) >= 11 is 24.9. The Labute approximate surface area is 261 Å². The van der Waals surface area contributed by atoms with Crippen molar-refractivity contribution in [2.75, 3.05) is 17.1 Å². The topological polar surface area (TPSA) is 86.8 Å². The van der Waals surface area contributed by atoms with Crippen molar-refractivity contribution in [2.45, 2.75) is 45.3 Å². The lowest BCUT2D eigenvalue weighted by Gasteiger charge is -2.34. The summed E-state index contributed by atoms with van der Waals surface area (Å²) in [5.41, 5.74) is 1.47. The molecule has 1 N–H and O–H groups in total. The molecule has 220 valence electrons.